The van der Waals surface area contributed by atoms with Crippen molar-refractivity contribution in [1.29, 1.82) is 5.41 Å². The summed E-state index contributed by atoms with van der Waals surface area (Å²) in [5, 5.41) is 6.73. The van der Waals surface area contributed by atoms with Crippen LogP contribution in [0.1, 0.15) is 13.8 Å². The molecular formula is C7H17N3O. The Hall–Kier alpha value is -1.06. The van der Waals surface area contributed by atoms with Gasteiger partial charge in [0.2, 0.25) is 6.41 Å². The zero-order valence-corrected chi connectivity index (χ0v) is 7.59. The quantitative estimate of drug-likeness (QED) is 0.345. The van der Waals surface area contributed by atoms with Gasteiger partial charge in [0.1, 0.15) is 0 Å². The highest BCUT2D eigenvalue weighted by Gasteiger charge is 1.91. The van der Waals surface area contributed by atoms with Crippen molar-refractivity contribution in [3.05, 3.63) is 0 Å². The van der Waals surface area contributed by atoms with Gasteiger partial charge >= 0.3 is 0 Å². The van der Waals surface area contributed by atoms with Gasteiger partial charge < -0.3 is 10.6 Å². The Morgan fingerprint density at radius 2 is 1.73 bits per heavy atom. The molecule has 0 aliphatic carbocycles. The molecule has 0 rings (SSSR count). The van der Waals surface area contributed by atoms with Gasteiger partial charge in [-0.1, -0.05) is 13.8 Å². The van der Waals surface area contributed by atoms with Crippen LogP contribution in [0, 0.1) is 11.3 Å². The monoisotopic (exact) mass is 159 g/mol. The average Bonchev–Trinajstić information content (AvgIpc) is 1.89. The second-order valence-corrected chi connectivity index (χ2v) is 2.68. The van der Waals surface area contributed by atoms with Crippen molar-refractivity contribution >= 4 is 12.2 Å². The van der Waals surface area contributed by atoms with Crippen LogP contribution in [-0.4, -0.2) is 31.2 Å². The molecule has 0 bridgehead atoms. The van der Waals surface area contributed by atoms with Gasteiger partial charge in [0.25, 0.3) is 0 Å². The van der Waals surface area contributed by atoms with Crippen LogP contribution in [0.4, 0.5) is 0 Å². The van der Waals surface area contributed by atoms with Gasteiger partial charge in [-0.15, -0.1) is 0 Å². The van der Waals surface area contributed by atoms with Crippen molar-refractivity contribution in [3.63, 3.8) is 0 Å². The number of amidine groups is 1. The fourth-order valence-corrected chi connectivity index (χ4v) is 0. The molecule has 3 N–H and O–H groups in total. The van der Waals surface area contributed by atoms with Crippen molar-refractivity contribution in [1.82, 2.24) is 4.90 Å². The van der Waals surface area contributed by atoms with Crippen LogP contribution in [0.5, 0.6) is 0 Å². The van der Waals surface area contributed by atoms with E-state index in [9.17, 15) is 4.79 Å². The summed E-state index contributed by atoms with van der Waals surface area (Å²) in [7, 11) is 3.38. The third-order valence-electron chi connectivity index (χ3n) is 0.833. The van der Waals surface area contributed by atoms with E-state index in [1.54, 1.807) is 14.1 Å². The highest BCUT2D eigenvalue weighted by molar-refractivity contribution is 5.78. The van der Waals surface area contributed by atoms with Gasteiger partial charge in [0.15, 0.2) is 0 Å². The SMILES string of the molecule is CC(C)C(=N)N.CN(C)C=O. The van der Waals surface area contributed by atoms with E-state index in [0.717, 1.165) is 6.41 Å². The topological polar surface area (TPSA) is 70.2 Å². The van der Waals surface area contributed by atoms with Gasteiger partial charge in [0, 0.05) is 20.0 Å². The summed E-state index contributed by atoms with van der Waals surface area (Å²) >= 11 is 0. The number of carbonyl (C=O) groups excluding carboxylic acids is 1. The first-order valence-electron chi connectivity index (χ1n) is 3.37. The van der Waals surface area contributed by atoms with Gasteiger partial charge in [-0.3, -0.25) is 10.2 Å². The summed E-state index contributed by atoms with van der Waals surface area (Å²) in [5.74, 6) is 0.472. The fourth-order valence-electron chi connectivity index (χ4n) is 0. The number of carbonyl (C=O) groups is 1. The summed E-state index contributed by atoms with van der Waals surface area (Å²) in [6.07, 6.45) is 0.750. The molecule has 4 heteroatoms. The minimum Gasteiger partial charge on any atom is -0.387 e. The molecule has 0 atom stereocenters. The Morgan fingerprint density at radius 1 is 1.55 bits per heavy atom. The largest absolute Gasteiger partial charge is 0.387 e. The zero-order chi connectivity index (χ0) is 9.44. The van der Waals surface area contributed by atoms with Crippen LogP contribution in [0.2, 0.25) is 0 Å². The Balaban J connectivity index is 0. The van der Waals surface area contributed by atoms with E-state index in [1.807, 2.05) is 13.8 Å². The summed E-state index contributed by atoms with van der Waals surface area (Å²) in [6, 6.07) is 0. The lowest BCUT2D eigenvalue weighted by molar-refractivity contribution is -0.115. The maximum absolute atomic E-state index is 9.43. The van der Waals surface area contributed by atoms with Crippen molar-refractivity contribution in [2.24, 2.45) is 11.7 Å². The van der Waals surface area contributed by atoms with Crippen LogP contribution in [0.3, 0.4) is 0 Å². The zero-order valence-electron chi connectivity index (χ0n) is 7.59. The molecule has 11 heavy (non-hydrogen) atoms. The lowest BCUT2D eigenvalue weighted by atomic mass is 10.2. The first-order chi connectivity index (χ1) is 4.91. The molecule has 66 valence electrons. The molecule has 0 saturated heterocycles. The summed E-state index contributed by atoms with van der Waals surface area (Å²) < 4.78 is 0. The number of hydrogen-bond acceptors (Lipinski definition) is 2. The molecule has 0 fully saturated rings. The molecule has 0 aromatic rings. The van der Waals surface area contributed by atoms with Gasteiger partial charge in [-0.25, -0.2) is 0 Å². The summed E-state index contributed by atoms with van der Waals surface area (Å²) in [4.78, 5) is 10.9. The maximum Gasteiger partial charge on any atom is 0.209 e. The fraction of sp³-hybridized carbons (Fsp3) is 0.714. The normalized spacial score (nSPS) is 8.09. The number of nitrogens with zero attached hydrogens (tertiary/aromatic N) is 1. The third kappa shape index (κ3) is 17.6. The van der Waals surface area contributed by atoms with Crippen LogP contribution in [0.25, 0.3) is 0 Å². The lowest BCUT2D eigenvalue weighted by Gasteiger charge is -1.95. The maximum atomic E-state index is 9.43. The van der Waals surface area contributed by atoms with E-state index in [1.165, 1.54) is 4.90 Å². The molecule has 0 aliphatic rings. The molecule has 0 heterocycles. The van der Waals surface area contributed by atoms with E-state index in [-0.39, 0.29) is 11.8 Å². The van der Waals surface area contributed by atoms with E-state index in [0.29, 0.717) is 0 Å². The predicted molar refractivity (Wildman–Crippen MR) is 46.5 cm³/mol. The summed E-state index contributed by atoms with van der Waals surface area (Å²) in [5.41, 5.74) is 5.02. The molecule has 1 amide bonds. The first-order valence-corrected chi connectivity index (χ1v) is 3.37. The van der Waals surface area contributed by atoms with Crippen molar-refractivity contribution < 1.29 is 4.79 Å². The number of rotatable bonds is 2. The van der Waals surface area contributed by atoms with Crippen LogP contribution >= 0.6 is 0 Å². The van der Waals surface area contributed by atoms with Crippen LogP contribution in [0.15, 0.2) is 0 Å². The minimum absolute atomic E-state index is 0.213. The van der Waals surface area contributed by atoms with E-state index in [2.05, 4.69) is 0 Å². The Bertz CT molecular complexity index is 121. The molecular weight excluding hydrogens is 142 g/mol. The minimum atomic E-state index is 0.213. The number of hydrogen-bond donors (Lipinski definition) is 2. The average molecular weight is 159 g/mol. The van der Waals surface area contributed by atoms with Crippen LogP contribution in [-0.2, 0) is 4.79 Å². The standard InChI is InChI=1S/C4H10N2.C3H7NO/c1-3(2)4(5)6;1-4(2)3-5/h3H,1-2H3,(H3,5,6);3H,1-2H3. The van der Waals surface area contributed by atoms with Crippen LogP contribution < -0.4 is 5.73 Å². The molecule has 0 spiro atoms. The van der Waals surface area contributed by atoms with E-state index in [4.69, 9.17) is 11.1 Å². The van der Waals surface area contributed by atoms with Crippen molar-refractivity contribution in [2.45, 2.75) is 13.8 Å². The molecule has 0 aliphatic heterocycles. The van der Waals surface area contributed by atoms with Gasteiger partial charge in [0.05, 0.1) is 5.84 Å². The molecule has 0 unspecified atom stereocenters. The molecule has 0 saturated carbocycles. The highest BCUT2D eigenvalue weighted by Crippen LogP contribution is 1.85. The summed E-state index contributed by atoms with van der Waals surface area (Å²) in [6.45, 7) is 3.78. The molecule has 0 aromatic heterocycles. The number of nitrogens with one attached hydrogen (secondary N) is 1. The first kappa shape index (κ1) is 12.6. The lowest BCUT2D eigenvalue weighted by Crippen LogP contribution is -2.16. The smallest absolute Gasteiger partial charge is 0.209 e. The Morgan fingerprint density at radius 3 is 1.73 bits per heavy atom. The highest BCUT2D eigenvalue weighted by atomic mass is 16.1. The van der Waals surface area contributed by atoms with Crippen molar-refractivity contribution in [2.75, 3.05) is 14.1 Å². The molecule has 0 radical (unpaired) electrons. The Kier molecular flexibility index (Phi) is 8.08. The molecule has 4 nitrogen and oxygen atoms in total. The molecule has 0 aromatic carbocycles. The van der Waals surface area contributed by atoms with Gasteiger partial charge in [-0.2, -0.15) is 0 Å². The third-order valence-corrected chi connectivity index (χ3v) is 0.833. The Labute approximate surface area is 67.9 Å². The second-order valence-electron chi connectivity index (χ2n) is 2.68. The predicted octanol–water partition coefficient (Wildman–Crippen LogP) is 0.283. The second kappa shape index (κ2) is 7.05. The van der Waals surface area contributed by atoms with E-state index >= 15 is 0 Å². The number of amides is 1. The number of nitrogens with two attached hydrogens (primary N) is 1. The van der Waals surface area contributed by atoms with E-state index < -0.39 is 0 Å². The van der Waals surface area contributed by atoms with Crippen molar-refractivity contribution in [3.8, 4) is 0 Å². The van der Waals surface area contributed by atoms with Gasteiger partial charge in [-0.05, 0) is 0 Å².